The molecule has 0 bridgehead atoms. The van der Waals surface area contributed by atoms with Crippen LogP contribution in [-0.2, 0) is 4.79 Å². The maximum absolute atomic E-state index is 14.8. The van der Waals surface area contributed by atoms with Gasteiger partial charge in [-0.1, -0.05) is 12.5 Å². The number of hydrogen-bond donors (Lipinski definition) is 3. The fraction of sp³-hybridized carbons (Fsp3) is 0.586. The molecule has 1 aromatic carbocycles. The summed E-state index contributed by atoms with van der Waals surface area (Å²) < 4.78 is 61.1. The number of rotatable bonds is 8. The molecule has 13 heteroatoms. The second-order valence-corrected chi connectivity index (χ2v) is 11.6. The molecule has 3 aliphatic rings. The summed E-state index contributed by atoms with van der Waals surface area (Å²) in [4.78, 5) is 35.2. The summed E-state index contributed by atoms with van der Waals surface area (Å²) >= 11 is 0. The van der Waals surface area contributed by atoms with E-state index in [0.717, 1.165) is 18.9 Å². The monoisotopic (exact) mass is 593 g/mol. The first-order valence-corrected chi connectivity index (χ1v) is 14.3. The third kappa shape index (κ3) is 6.90. The SMILES string of the molecule is O=C(NC(=O)C1CC(O)CCN1)c1ccc(-c2cnc(OCC3CCN(CC4(C(F)(F)F)CCC4)CC3)cn2)cc1F. The van der Waals surface area contributed by atoms with Gasteiger partial charge in [-0.05, 0) is 76.2 Å². The van der Waals surface area contributed by atoms with Gasteiger partial charge in [0.1, 0.15) is 5.82 Å². The zero-order valence-electron chi connectivity index (χ0n) is 23.1. The van der Waals surface area contributed by atoms with E-state index in [-0.39, 0.29) is 43.2 Å². The minimum Gasteiger partial charge on any atom is -0.476 e. The molecule has 2 aromatic rings. The Morgan fingerprint density at radius 1 is 1.14 bits per heavy atom. The van der Waals surface area contributed by atoms with E-state index in [1.165, 1.54) is 24.5 Å². The normalized spacial score (nSPS) is 23.2. The molecule has 5 rings (SSSR count). The molecule has 2 unspecified atom stereocenters. The lowest BCUT2D eigenvalue weighted by atomic mass is 9.67. The van der Waals surface area contributed by atoms with Crippen molar-refractivity contribution in [3.63, 3.8) is 0 Å². The van der Waals surface area contributed by atoms with Gasteiger partial charge in [0.15, 0.2) is 0 Å². The number of halogens is 4. The van der Waals surface area contributed by atoms with Crippen molar-refractivity contribution in [3.05, 3.63) is 42.0 Å². The third-order valence-corrected chi connectivity index (χ3v) is 8.68. The van der Waals surface area contributed by atoms with Crippen molar-refractivity contribution in [2.24, 2.45) is 11.3 Å². The fourth-order valence-corrected chi connectivity index (χ4v) is 5.84. The number of nitrogens with one attached hydrogen (secondary N) is 2. The molecule has 1 aliphatic carbocycles. The van der Waals surface area contributed by atoms with E-state index in [1.54, 1.807) is 0 Å². The molecule has 0 radical (unpaired) electrons. The average molecular weight is 594 g/mol. The number of benzene rings is 1. The lowest BCUT2D eigenvalue weighted by Gasteiger charge is -2.47. The Balaban J connectivity index is 1.09. The Bertz CT molecular complexity index is 1260. The van der Waals surface area contributed by atoms with Gasteiger partial charge in [0, 0.05) is 12.1 Å². The lowest BCUT2D eigenvalue weighted by Crippen LogP contribution is -2.53. The van der Waals surface area contributed by atoms with E-state index in [0.29, 0.717) is 50.3 Å². The summed E-state index contributed by atoms with van der Waals surface area (Å²) in [6.45, 7) is 2.09. The number of aliphatic hydroxyl groups excluding tert-OH is 1. The molecule has 3 fully saturated rings. The standard InChI is InChI=1S/C29H35F4N5O4/c30-22-12-19(2-3-21(22)26(40)37-27(41)23-13-20(39)4-9-34-23)24-14-36-25(15-35-24)42-16-18-5-10-38(11-6-18)17-28(7-1-8-28)29(31,32)33/h2-3,12,14-15,18,20,23,34,39H,1,4-11,13,16-17H2,(H,37,40,41). The summed E-state index contributed by atoms with van der Waals surface area (Å²) in [7, 11) is 0. The van der Waals surface area contributed by atoms with E-state index in [4.69, 9.17) is 4.74 Å². The molecule has 0 spiro atoms. The number of imide groups is 1. The van der Waals surface area contributed by atoms with Crippen molar-refractivity contribution in [1.82, 2.24) is 25.5 Å². The van der Waals surface area contributed by atoms with Crippen molar-refractivity contribution in [2.45, 2.75) is 63.3 Å². The van der Waals surface area contributed by atoms with Crippen LogP contribution in [0.1, 0.15) is 55.3 Å². The molecule has 228 valence electrons. The van der Waals surface area contributed by atoms with Crippen LogP contribution in [0.4, 0.5) is 17.6 Å². The molecule has 9 nitrogen and oxygen atoms in total. The molecular weight excluding hydrogens is 558 g/mol. The van der Waals surface area contributed by atoms with Gasteiger partial charge in [0.25, 0.3) is 5.91 Å². The number of nitrogens with zero attached hydrogens (tertiary/aromatic N) is 3. The number of alkyl halides is 3. The van der Waals surface area contributed by atoms with Crippen LogP contribution in [0.5, 0.6) is 5.88 Å². The third-order valence-electron chi connectivity index (χ3n) is 8.68. The molecule has 2 atom stereocenters. The Morgan fingerprint density at radius 2 is 1.90 bits per heavy atom. The number of hydrogen-bond acceptors (Lipinski definition) is 8. The van der Waals surface area contributed by atoms with Gasteiger partial charge in [0.2, 0.25) is 11.8 Å². The Labute approximate surface area is 241 Å². The van der Waals surface area contributed by atoms with E-state index >= 15 is 0 Å². The van der Waals surface area contributed by atoms with Crippen LogP contribution >= 0.6 is 0 Å². The van der Waals surface area contributed by atoms with Gasteiger partial charge in [-0.2, -0.15) is 13.2 Å². The number of amides is 2. The maximum Gasteiger partial charge on any atom is 0.395 e. The van der Waals surface area contributed by atoms with Crippen molar-refractivity contribution in [3.8, 4) is 17.1 Å². The largest absolute Gasteiger partial charge is 0.476 e. The smallest absolute Gasteiger partial charge is 0.395 e. The number of carbonyl (C=O) groups is 2. The summed E-state index contributed by atoms with van der Waals surface area (Å²) in [6.07, 6.45) is 1.27. The second kappa shape index (κ2) is 12.6. The molecule has 2 aliphatic heterocycles. The van der Waals surface area contributed by atoms with Crippen molar-refractivity contribution in [2.75, 3.05) is 32.8 Å². The second-order valence-electron chi connectivity index (χ2n) is 11.6. The highest BCUT2D eigenvalue weighted by Gasteiger charge is 2.58. The quantitative estimate of drug-likeness (QED) is 0.315. The zero-order chi connectivity index (χ0) is 29.9. The fourth-order valence-electron chi connectivity index (χ4n) is 5.84. The number of aromatic nitrogens is 2. The predicted octanol–water partition coefficient (Wildman–Crippen LogP) is 3.48. The zero-order valence-corrected chi connectivity index (χ0v) is 23.1. The Morgan fingerprint density at radius 3 is 2.50 bits per heavy atom. The van der Waals surface area contributed by atoms with Gasteiger partial charge in [-0.25, -0.2) is 14.4 Å². The summed E-state index contributed by atoms with van der Waals surface area (Å²) in [5.41, 5.74) is -1.11. The summed E-state index contributed by atoms with van der Waals surface area (Å²) in [6, 6.07) is 3.16. The number of carbonyl (C=O) groups excluding carboxylic acids is 2. The highest BCUT2D eigenvalue weighted by atomic mass is 19.4. The van der Waals surface area contributed by atoms with Gasteiger partial charge in [-0.15, -0.1) is 0 Å². The van der Waals surface area contributed by atoms with Gasteiger partial charge >= 0.3 is 6.18 Å². The van der Waals surface area contributed by atoms with Crippen LogP contribution in [-0.4, -0.2) is 82.9 Å². The maximum atomic E-state index is 14.8. The summed E-state index contributed by atoms with van der Waals surface area (Å²) in [5, 5.41) is 14.8. The van der Waals surface area contributed by atoms with E-state index < -0.39 is 41.4 Å². The van der Waals surface area contributed by atoms with Crippen molar-refractivity contribution >= 4 is 11.8 Å². The molecule has 2 amide bonds. The van der Waals surface area contributed by atoms with Crippen LogP contribution in [0.3, 0.4) is 0 Å². The number of likely N-dealkylation sites (tertiary alicyclic amines) is 1. The first-order valence-electron chi connectivity index (χ1n) is 14.3. The Kier molecular flexibility index (Phi) is 9.09. The molecular formula is C29H35F4N5O4. The minimum absolute atomic E-state index is 0.0737. The first-order chi connectivity index (χ1) is 20.0. The van der Waals surface area contributed by atoms with E-state index in [9.17, 15) is 32.3 Å². The molecule has 42 heavy (non-hydrogen) atoms. The van der Waals surface area contributed by atoms with Crippen molar-refractivity contribution < 1.29 is 37.0 Å². The predicted molar refractivity (Wildman–Crippen MR) is 144 cm³/mol. The molecule has 2 saturated heterocycles. The van der Waals surface area contributed by atoms with Crippen molar-refractivity contribution in [1.29, 1.82) is 0 Å². The summed E-state index contributed by atoms with van der Waals surface area (Å²) in [5.74, 6) is -1.86. The van der Waals surface area contributed by atoms with Gasteiger partial charge < -0.3 is 20.1 Å². The van der Waals surface area contributed by atoms with Crippen LogP contribution < -0.4 is 15.4 Å². The minimum atomic E-state index is -4.16. The molecule has 1 aromatic heterocycles. The molecule has 3 heterocycles. The highest BCUT2D eigenvalue weighted by molar-refractivity contribution is 6.06. The lowest BCUT2D eigenvalue weighted by molar-refractivity contribution is -0.256. The van der Waals surface area contributed by atoms with Crippen LogP contribution in [0.15, 0.2) is 30.6 Å². The number of aliphatic hydroxyl groups is 1. The van der Waals surface area contributed by atoms with Crippen LogP contribution in [0.2, 0.25) is 0 Å². The van der Waals surface area contributed by atoms with Gasteiger partial charge in [0.05, 0.1) is 47.8 Å². The van der Waals surface area contributed by atoms with Crippen LogP contribution in [0.25, 0.3) is 11.3 Å². The van der Waals surface area contributed by atoms with E-state index in [2.05, 4.69) is 20.6 Å². The topological polar surface area (TPSA) is 117 Å². The van der Waals surface area contributed by atoms with Gasteiger partial charge in [-0.3, -0.25) is 14.9 Å². The van der Waals surface area contributed by atoms with E-state index in [1.807, 2.05) is 4.90 Å². The van der Waals surface area contributed by atoms with Crippen LogP contribution in [0, 0.1) is 17.2 Å². The highest BCUT2D eigenvalue weighted by Crippen LogP contribution is 2.53. The number of piperidine rings is 2. The molecule has 3 N–H and O–H groups in total. The molecule has 1 saturated carbocycles. The number of ether oxygens (including phenoxy) is 1. The average Bonchev–Trinajstić information content (AvgIpc) is 2.94. The Hall–Kier alpha value is -3.16. The first kappa shape index (κ1) is 30.3.